The van der Waals surface area contributed by atoms with Crippen molar-refractivity contribution in [3.63, 3.8) is 0 Å². The van der Waals surface area contributed by atoms with Crippen LogP contribution in [0.2, 0.25) is 0 Å². The van der Waals surface area contributed by atoms with E-state index in [2.05, 4.69) is 59.9 Å². The fourth-order valence-electron chi connectivity index (χ4n) is 15.0. The summed E-state index contributed by atoms with van der Waals surface area (Å²) in [5, 5.41) is 88.4. The molecule has 64 heavy (non-hydrogen) atoms. The number of hydrogen-bond acceptors (Lipinski definition) is 15. The van der Waals surface area contributed by atoms with Crippen LogP contribution in [0.1, 0.15) is 120 Å². The van der Waals surface area contributed by atoms with E-state index in [9.17, 15) is 45.6 Å². The zero-order chi connectivity index (χ0) is 46.7. The van der Waals surface area contributed by atoms with Gasteiger partial charge in [0.2, 0.25) is 5.91 Å². The van der Waals surface area contributed by atoms with E-state index < -0.39 is 92.6 Å². The Balaban J connectivity index is 1.04. The normalized spacial score (nSPS) is 53.4. The van der Waals surface area contributed by atoms with E-state index in [1.54, 1.807) is 7.05 Å². The second-order valence-electron chi connectivity index (χ2n) is 23.3. The number of fused-ring (bicyclic) bond motifs is 7. The number of rotatable bonds is 8. The fourth-order valence-corrected chi connectivity index (χ4v) is 15.0. The van der Waals surface area contributed by atoms with Gasteiger partial charge in [0, 0.05) is 7.05 Å². The predicted molar refractivity (Wildman–Crippen MR) is 230 cm³/mol. The molecule has 7 fully saturated rings. The number of ether oxygens (including phenoxy) is 6. The number of aliphatic hydroxyl groups excluding tert-OH is 8. The minimum Gasteiger partial charge on any atom is -0.394 e. The summed E-state index contributed by atoms with van der Waals surface area (Å²) >= 11 is 0. The number of aliphatic hydroxyl groups is 8. The SMILES string of the molecule is CNC(=O)[C@]12CCC(C)(C)CC1C1=CCC3[C@@]4(C)CCC(O[C@@H]5OC[C@H](O[C@@H]6O[C@H](CO)[C@@H](O)[C@H](O)[C@H]6O)[C@H](O)[C@H]5O[C@H]5O[C@@H](C)[C@H](O)[C@@H](O)[C@H]5O)C(C)(C)C4CC[C@@]3(C)[C@]1(C)CC2. The number of allylic oxidation sites excluding steroid dienone is 2. The van der Waals surface area contributed by atoms with Crippen molar-refractivity contribution in [3.05, 3.63) is 11.6 Å². The Bertz CT molecular complexity index is 1750. The molecule has 16 nitrogen and oxygen atoms in total. The average molecular weight is 910 g/mol. The molecular weight excluding hydrogens is 831 g/mol. The number of hydrogen-bond donors (Lipinski definition) is 9. The Hall–Kier alpha value is -1.35. The molecular formula is C48H79NO15. The first-order valence-electron chi connectivity index (χ1n) is 24.1. The molecule has 366 valence electrons. The molecule has 9 N–H and O–H groups in total. The molecule has 3 aliphatic heterocycles. The van der Waals surface area contributed by atoms with Crippen LogP contribution in [0.5, 0.6) is 0 Å². The summed E-state index contributed by atoms with van der Waals surface area (Å²) in [5.74, 6) is 1.08. The van der Waals surface area contributed by atoms with Crippen LogP contribution in [0.25, 0.3) is 0 Å². The van der Waals surface area contributed by atoms with E-state index in [0.29, 0.717) is 12.3 Å². The van der Waals surface area contributed by atoms with Gasteiger partial charge >= 0.3 is 0 Å². The average Bonchev–Trinajstić information content (AvgIpc) is 3.24. The van der Waals surface area contributed by atoms with Crippen molar-refractivity contribution in [2.75, 3.05) is 20.3 Å². The summed E-state index contributed by atoms with van der Waals surface area (Å²) in [6.45, 7) is 17.4. The van der Waals surface area contributed by atoms with Gasteiger partial charge in [0.15, 0.2) is 18.9 Å². The van der Waals surface area contributed by atoms with Crippen molar-refractivity contribution in [2.45, 2.75) is 212 Å². The van der Waals surface area contributed by atoms with Crippen LogP contribution < -0.4 is 5.32 Å². The summed E-state index contributed by atoms with van der Waals surface area (Å²) in [6.07, 6.45) is -8.84. The third-order valence-electron chi connectivity index (χ3n) is 19.2. The molecule has 0 aromatic rings. The third kappa shape index (κ3) is 7.59. The molecule has 3 heterocycles. The monoisotopic (exact) mass is 910 g/mol. The van der Waals surface area contributed by atoms with Gasteiger partial charge in [0.05, 0.1) is 30.8 Å². The van der Waals surface area contributed by atoms with Crippen LogP contribution in [-0.2, 0) is 33.2 Å². The fraction of sp³-hybridized carbons (Fsp3) is 0.938. The number of carbonyl (C=O) groups is 1. The highest BCUT2D eigenvalue weighted by Gasteiger charge is 2.69. The minimum atomic E-state index is -1.74. The van der Waals surface area contributed by atoms with Crippen LogP contribution in [-0.4, -0.2) is 159 Å². The lowest BCUT2D eigenvalue weighted by Crippen LogP contribution is -2.66. The van der Waals surface area contributed by atoms with Gasteiger partial charge in [-0.05, 0) is 116 Å². The molecule has 4 unspecified atom stereocenters. The van der Waals surface area contributed by atoms with Crippen LogP contribution in [0, 0.1) is 50.2 Å². The highest BCUT2D eigenvalue weighted by Crippen LogP contribution is 2.76. The summed E-state index contributed by atoms with van der Waals surface area (Å²) in [4.78, 5) is 13.8. The summed E-state index contributed by atoms with van der Waals surface area (Å²) < 4.78 is 36.8. The van der Waals surface area contributed by atoms with Crippen LogP contribution >= 0.6 is 0 Å². The van der Waals surface area contributed by atoms with E-state index in [1.807, 2.05) is 0 Å². The molecule has 8 rings (SSSR count). The van der Waals surface area contributed by atoms with Gasteiger partial charge in [-0.15, -0.1) is 0 Å². The van der Waals surface area contributed by atoms with E-state index in [4.69, 9.17) is 28.4 Å². The topological polar surface area (TPSA) is 246 Å². The molecule has 22 atom stereocenters. The lowest BCUT2D eigenvalue weighted by Gasteiger charge is -2.71. The highest BCUT2D eigenvalue weighted by molar-refractivity contribution is 5.84. The zero-order valence-electron chi connectivity index (χ0n) is 39.4. The van der Waals surface area contributed by atoms with Crippen molar-refractivity contribution >= 4 is 5.91 Å². The molecule has 3 saturated heterocycles. The largest absolute Gasteiger partial charge is 0.394 e. The van der Waals surface area contributed by atoms with E-state index >= 15 is 0 Å². The van der Waals surface area contributed by atoms with E-state index in [0.717, 1.165) is 57.8 Å². The summed E-state index contributed by atoms with van der Waals surface area (Å²) in [5.41, 5.74) is 0.869. The molecule has 5 aliphatic carbocycles. The lowest BCUT2D eigenvalue weighted by molar-refractivity contribution is -0.380. The molecule has 0 aromatic carbocycles. The first-order valence-corrected chi connectivity index (χ1v) is 24.1. The maximum Gasteiger partial charge on any atom is 0.226 e. The Morgan fingerprint density at radius 2 is 1.39 bits per heavy atom. The van der Waals surface area contributed by atoms with Crippen LogP contribution in [0.3, 0.4) is 0 Å². The third-order valence-corrected chi connectivity index (χ3v) is 19.2. The number of nitrogens with one attached hydrogen (secondary N) is 1. The molecule has 0 bridgehead atoms. The Morgan fingerprint density at radius 3 is 2.06 bits per heavy atom. The van der Waals surface area contributed by atoms with E-state index in [-0.39, 0.29) is 62.9 Å². The Kier molecular flexibility index (Phi) is 13.2. The molecule has 8 aliphatic rings. The van der Waals surface area contributed by atoms with Crippen LogP contribution in [0.15, 0.2) is 11.6 Å². The second-order valence-corrected chi connectivity index (χ2v) is 23.3. The standard InChI is InChI=1S/C48H79NO15/c1-23-31(51)34(54)36(56)39(60-23)64-38-33(53)27(62-40-37(57)35(55)32(52)26(21-50)61-40)22-59-41(38)63-30-13-14-45(6)28(44(30,4)5)12-15-47(8)29(45)11-10-24-25-20-43(2,3)16-18-48(25,42(58)49-9)19-17-46(24,47)7/h10,23,25-41,50-57H,11-22H2,1-9H3,(H,49,58)/t23-,25?,26+,27-,28?,29?,30?,31-,32+,33-,34+,35-,36+,37+,38+,39+,40-,41-,45-,46+,47+,48-/m0/s1. The van der Waals surface area contributed by atoms with Crippen molar-refractivity contribution < 1.29 is 74.1 Å². The van der Waals surface area contributed by atoms with Gasteiger partial charge in [-0.2, -0.15) is 0 Å². The van der Waals surface area contributed by atoms with Crippen molar-refractivity contribution in [1.29, 1.82) is 0 Å². The molecule has 1 amide bonds. The molecule has 4 saturated carbocycles. The molecule has 16 heteroatoms. The van der Waals surface area contributed by atoms with Gasteiger partial charge in [-0.3, -0.25) is 4.79 Å². The summed E-state index contributed by atoms with van der Waals surface area (Å²) in [6, 6.07) is 0. The van der Waals surface area contributed by atoms with Gasteiger partial charge in [0.1, 0.15) is 61.0 Å². The second kappa shape index (κ2) is 17.3. The highest BCUT2D eigenvalue weighted by atomic mass is 16.8. The maximum absolute atomic E-state index is 13.8. The smallest absolute Gasteiger partial charge is 0.226 e. The van der Waals surface area contributed by atoms with Gasteiger partial charge in [-0.25, -0.2) is 0 Å². The quantitative estimate of drug-likeness (QED) is 0.125. The zero-order valence-corrected chi connectivity index (χ0v) is 39.4. The van der Waals surface area contributed by atoms with Crippen molar-refractivity contribution in [2.24, 2.45) is 50.2 Å². The Morgan fingerprint density at radius 1 is 0.734 bits per heavy atom. The molecule has 0 radical (unpaired) electrons. The van der Waals surface area contributed by atoms with Crippen LogP contribution in [0.4, 0.5) is 0 Å². The van der Waals surface area contributed by atoms with Gasteiger partial charge in [0.25, 0.3) is 0 Å². The predicted octanol–water partition coefficient (Wildman–Crippen LogP) is 2.03. The van der Waals surface area contributed by atoms with Crippen molar-refractivity contribution in [1.82, 2.24) is 5.32 Å². The molecule has 0 spiro atoms. The van der Waals surface area contributed by atoms with E-state index in [1.165, 1.54) is 12.5 Å². The molecule has 0 aromatic heterocycles. The number of carbonyl (C=O) groups excluding carboxylic acids is 1. The maximum atomic E-state index is 13.8. The van der Waals surface area contributed by atoms with Crippen molar-refractivity contribution in [3.8, 4) is 0 Å². The lowest BCUT2D eigenvalue weighted by atomic mass is 9.33. The number of amides is 1. The van der Waals surface area contributed by atoms with Gasteiger partial charge < -0.3 is 74.6 Å². The first-order chi connectivity index (χ1) is 29.9. The first kappa shape index (κ1) is 49.1. The summed E-state index contributed by atoms with van der Waals surface area (Å²) in [7, 11) is 1.79. The van der Waals surface area contributed by atoms with Gasteiger partial charge in [-0.1, -0.05) is 60.1 Å². The minimum absolute atomic E-state index is 0.0180. The Labute approximate surface area is 378 Å².